The molecule has 1 saturated heterocycles. The Morgan fingerprint density at radius 2 is 2.03 bits per heavy atom. The Hall–Kier alpha value is -1.26. The first-order valence-corrected chi connectivity index (χ1v) is 12.3. The van der Waals surface area contributed by atoms with Gasteiger partial charge in [-0.05, 0) is 75.0 Å². The van der Waals surface area contributed by atoms with Crippen LogP contribution in [-0.2, 0) is 16.6 Å². The van der Waals surface area contributed by atoms with E-state index in [0.29, 0.717) is 17.4 Å². The standard InChI is InChI=1S/C26H35NO3/c1-4-18-14-24-9-10-26(18,29-3)23-25(24)11-12-27(15-16-5-6-16)20(24)13-17-7-8-19(28-2)22(30-23)21(17)25/h7-8,16,18,20,23H,4-6,9-15H2,1-3H3/t18-,20+,23+,24+,25-,26+/m0/s1. The number of hydrogen-bond acceptors (Lipinski definition) is 4. The van der Waals surface area contributed by atoms with E-state index in [0.717, 1.165) is 23.8 Å². The summed E-state index contributed by atoms with van der Waals surface area (Å²) in [4.78, 5) is 2.92. The van der Waals surface area contributed by atoms with E-state index in [2.05, 4.69) is 24.0 Å². The van der Waals surface area contributed by atoms with Crippen LogP contribution in [0.5, 0.6) is 11.5 Å². The van der Waals surface area contributed by atoms with E-state index in [9.17, 15) is 0 Å². The van der Waals surface area contributed by atoms with Gasteiger partial charge in [0.15, 0.2) is 11.5 Å². The van der Waals surface area contributed by atoms with Gasteiger partial charge in [-0.25, -0.2) is 0 Å². The zero-order chi connectivity index (χ0) is 20.3. The van der Waals surface area contributed by atoms with Crippen molar-refractivity contribution >= 4 is 0 Å². The second-order valence-electron chi connectivity index (χ2n) is 11.1. The Bertz CT molecular complexity index is 912. The highest BCUT2D eigenvalue weighted by Crippen LogP contribution is 2.77. The van der Waals surface area contributed by atoms with Gasteiger partial charge in [-0.3, -0.25) is 4.90 Å². The first-order valence-electron chi connectivity index (χ1n) is 12.3. The zero-order valence-corrected chi connectivity index (χ0v) is 18.7. The van der Waals surface area contributed by atoms with Crippen molar-refractivity contribution in [2.75, 3.05) is 27.3 Å². The minimum Gasteiger partial charge on any atom is -0.493 e. The number of piperidine rings is 1. The number of likely N-dealkylation sites (tertiary alicyclic amines) is 1. The van der Waals surface area contributed by atoms with Crippen LogP contribution >= 0.6 is 0 Å². The zero-order valence-electron chi connectivity index (χ0n) is 18.7. The van der Waals surface area contributed by atoms with E-state index in [-0.39, 0.29) is 17.1 Å². The molecule has 4 nitrogen and oxygen atoms in total. The average Bonchev–Trinajstić information content (AvgIpc) is 3.52. The summed E-state index contributed by atoms with van der Waals surface area (Å²) in [6.45, 7) is 4.90. The van der Waals surface area contributed by atoms with Crippen LogP contribution in [-0.4, -0.2) is 50.0 Å². The maximum atomic E-state index is 7.02. The van der Waals surface area contributed by atoms with Gasteiger partial charge in [0.1, 0.15) is 11.7 Å². The highest BCUT2D eigenvalue weighted by molar-refractivity contribution is 5.63. The Morgan fingerprint density at radius 1 is 1.17 bits per heavy atom. The Labute approximate surface area is 180 Å². The van der Waals surface area contributed by atoms with Gasteiger partial charge < -0.3 is 14.2 Å². The van der Waals surface area contributed by atoms with Crippen molar-refractivity contribution in [1.29, 1.82) is 0 Å². The minimum absolute atomic E-state index is 0.106. The predicted molar refractivity (Wildman–Crippen MR) is 115 cm³/mol. The van der Waals surface area contributed by atoms with Gasteiger partial charge in [-0.15, -0.1) is 0 Å². The molecular weight excluding hydrogens is 374 g/mol. The highest BCUT2D eigenvalue weighted by atomic mass is 16.6. The Kier molecular flexibility index (Phi) is 3.51. The van der Waals surface area contributed by atoms with Gasteiger partial charge in [0.05, 0.1) is 7.11 Å². The van der Waals surface area contributed by atoms with E-state index < -0.39 is 0 Å². The van der Waals surface area contributed by atoms with Crippen LogP contribution in [0.25, 0.3) is 0 Å². The second-order valence-corrected chi connectivity index (χ2v) is 11.1. The molecular formula is C26H35NO3. The molecule has 4 bridgehead atoms. The molecule has 4 heteroatoms. The third-order valence-corrected chi connectivity index (χ3v) is 10.5. The van der Waals surface area contributed by atoms with Crippen molar-refractivity contribution in [2.24, 2.45) is 17.3 Å². The molecule has 2 heterocycles. The summed E-state index contributed by atoms with van der Waals surface area (Å²) in [5.74, 6) is 3.51. The Morgan fingerprint density at radius 3 is 2.77 bits per heavy atom. The number of rotatable bonds is 5. The third-order valence-electron chi connectivity index (χ3n) is 10.5. The molecule has 4 saturated carbocycles. The molecule has 2 spiro atoms. The van der Waals surface area contributed by atoms with Crippen LogP contribution in [0.3, 0.4) is 0 Å². The van der Waals surface area contributed by atoms with Crippen LogP contribution < -0.4 is 9.47 Å². The van der Waals surface area contributed by atoms with Crippen molar-refractivity contribution < 1.29 is 14.2 Å². The van der Waals surface area contributed by atoms with Gasteiger partial charge in [0, 0.05) is 36.1 Å². The molecule has 1 aromatic carbocycles. The molecule has 1 aromatic rings. The number of fused-ring (bicyclic) bond motifs is 2. The average molecular weight is 410 g/mol. The number of nitrogens with zero attached hydrogens (tertiary/aromatic N) is 1. The van der Waals surface area contributed by atoms with Crippen molar-refractivity contribution in [3.8, 4) is 11.5 Å². The van der Waals surface area contributed by atoms with Gasteiger partial charge in [0.2, 0.25) is 0 Å². The van der Waals surface area contributed by atoms with Gasteiger partial charge in [0.25, 0.3) is 0 Å². The lowest BCUT2D eigenvalue weighted by Gasteiger charge is -2.74. The molecule has 0 radical (unpaired) electrons. The number of hydrogen-bond donors (Lipinski definition) is 0. The van der Waals surface area contributed by atoms with Crippen LogP contribution in [0, 0.1) is 17.3 Å². The lowest BCUT2D eigenvalue weighted by molar-refractivity contribution is -0.277. The van der Waals surface area contributed by atoms with E-state index in [1.807, 2.05) is 7.11 Å². The summed E-state index contributed by atoms with van der Waals surface area (Å²) in [7, 11) is 3.74. The molecule has 2 aliphatic heterocycles. The van der Waals surface area contributed by atoms with Crippen molar-refractivity contribution in [3.05, 3.63) is 23.3 Å². The SMILES string of the molecule is CC[C@H]1C[C@@]23CC[C@]1(OC)[C@@H]1Oc4c(OC)ccc5c4[C@@]12CCN(CC1CC1)[C@@H]3C5. The number of methoxy groups -OCH3 is 2. The van der Waals surface area contributed by atoms with E-state index >= 15 is 0 Å². The fraction of sp³-hybridized carbons (Fsp3) is 0.769. The minimum atomic E-state index is -0.154. The van der Waals surface area contributed by atoms with E-state index in [1.54, 1.807) is 7.11 Å². The quantitative estimate of drug-likeness (QED) is 0.724. The summed E-state index contributed by atoms with van der Waals surface area (Å²) in [5, 5.41) is 0. The van der Waals surface area contributed by atoms with Crippen LogP contribution in [0.4, 0.5) is 0 Å². The molecule has 5 fully saturated rings. The summed E-state index contributed by atoms with van der Waals surface area (Å²) < 4.78 is 19.3. The monoisotopic (exact) mass is 409 g/mol. The third kappa shape index (κ3) is 1.82. The molecule has 0 unspecified atom stereocenters. The predicted octanol–water partition coefficient (Wildman–Crippen LogP) is 4.33. The van der Waals surface area contributed by atoms with Gasteiger partial charge >= 0.3 is 0 Å². The normalized spacial score (nSPS) is 45.2. The van der Waals surface area contributed by atoms with E-state index in [1.165, 1.54) is 69.2 Å². The van der Waals surface area contributed by atoms with Gasteiger partial charge in [-0.1, -0.05) is 19.4 Å². The largest absolute Gasteiger partial charge is 0.493 e. The molecule has 30 heavy (non-hydrogen) atoms. The van der Waals surface area contributed by atoms with Gasteiger partial charge in [-0.2, -0.15) is 0 Å². The summed E-state index contributed by atoms with van der Waals surface area (Å²) in [5.41, 5.74) is 3.32. The molecule has 0 N–H and O–H groups in total. The fourth-order valence-corrected chi connectivity index (χ4v) is 9.18. The molecule has 0 amide bonds. The number of benzene rings is 1. The smallest absolute Gasteiger partial charge is 0.165 e. The van der Waals surface area contributed by atoms with Crippen molar-refractivity contribution in [2.45, 2.75) is 81.5 Å². The van der Waals surface area contributed by atoms with Crippen LogP contribution in [0.15, 0.2) is 12.1 Å². The summed E-state index contributed by atoms with van der Waals surface area (Å²) >= 11 is 0. The topological polar surface area (TPSA) is 30.9 Å². The first-order chi connectivity index (χ1) is 14.6. The molecule has 7 aliphatic rings. The van der Waals surface area contributed by atoms with Crippen LogP contribution in [0.1, 0.15) is 63.0 Å². The molecule has 162 valence electrons. The maximum absolute atomic E-state index is 7.02. The maximum Gasteiger partial charge on any atom is 0.165 e. The second kappa shape index (κ2) is 5.75. The van der Waals surface area contributed by atoms with Crippen molar-refractivity contribution in [3.63, 3.8) is 0 Å². The highest BCUT2D eigenvalue weighted by Gasteiger charge is 2.80. The number of ether oxygens (including phenoxy) is 3. The fourth-order valence-electron chi connectivity index (χ4n) is 9.18. The molecule has 0 aromatic heterocycles. The Balaban J connectivity index is 1.48. The first kappa shape index (κ1) is 18.3. The van der Waals surface area contributed by atoms with Crippen molar-refractivity contribution in [1.82, 2.24) is 4.90 Å². The van der Waals surface area contributed by atoms with Crippen LogP contribution in [0.2, 0.25) is 0 Å². The molecule has 6 atom stereocenters. The lowest BCUT2D eigenvalue weighted by atomic mass is 9.34. The lowest BCUT2D eigenvalue weighted by Crippen LogP contribution is -2.81. The molecule has 8 rings (SSSR count). The molecule has 5 aliphatic carbocycles. The summed E-state index contributed by atoms with van der Waals surface area (Å²) in [6.07, 6.45) is 10.3. The van der Waals surface area contributed by atoms with E-state index in [4.69, 9.17) is 14.2 Å². The summed E-state index contributed by atoms with van der Waals surface area (Å²) in [6, 6.07) is 5.17.